The summed E-state index contributed by atoms with van der Waals surface area (Å²) in [5, 5.41) is 11.2. The highest BCUT2D eigenvalue weighted by Crippen LogP contribution is 2.20. The molecule has 4 N–H and O–H groups in total. The SMILES string of the molecule is CC(C)C[C@@H](N)C(=O)Nc1c(F)cccc1C(=O)O. The van der Waals surface area contributed by atoms with Crippen molar-refractivity contribution in [1.29, 1.82) is 0 Å². The maximum absolute atomic E-state index is 13.6. The number of nitrogens with two attached hydrogens (primary N) is 1. The van der Waals surface area contributed by atoms with Crippen LogP contribution in [0.15, 0.2) is 18.2 Å². The van der Waals surface area contributed by atoms with E-state index in [1.807, 2.05) is 13.8 Å². The second-order valence-corrected chi connectivity index (χ2v) is 4.69. The van der Waals surface area contributed by atoms with E-state index < -0.39 is 23.7 Å². The highest BCUT2D eigenvalue weighted by Gasteiger charge is 2.20. The van der Waals surface area contributed by atoms with Crippen LogP contribution in [0.25, 0.3) is 0 Å². The molecule has 0 aromatic heterocycles. The van der Waals surface area contributed by atoms with Gasteiger partial charge in [0.1, 0.15) is 5.82 Å². The molecule has 1 amide bonds. The number of hydrogen-bond donors (Lipinski definition) is 3. The minimum atomic E-state index is -1.31. The zero-order valence-electron chi connectivity index (χ0n) is 10.8. The summed E-state index contributed by atoms with van der Waals surface area (Å²) in [6.45, 7) is 3.80. The van der Waals surface area contributed by atoms with Crippen LogP contribution in [0.3, 0.4) is 0 Å². The monoisotopic (exact) mass is 268 g/mol. The highest BCUT2D eigenvalue weighted by molar-refractivity contribution is 6.02. The molecule has 19 heavy (non-hydrogen) atoms. The van der Waals surface area contributed by atoms with Crippen LogP contribution in [0.2, 0.25) is 0 Å². The first-order chi connectivity index (χ1) is 8.82. The molecule has 0 bridgehead atoms. The lowest BCUT2D eigenvalue weighted by Crippen LogP contribution is -2.37. The molecule has 1 aromatic rings. The molecule has 0 aliphatic rings. The molecule has 6 heteroatoms. The summed E-state index contributed by atoms with van der Waals surface area (Å²) in [6, 6.07) is 2.76. The Morgan fingerprint density at radius 1 is 1.42 bits per heavy atom. The Morgan fingerprint density at radius 2 is 2.05 bits per heavy atom. The molecule has 0 radical (unpaired) electrons. The van der Waals surface area contributed by atoms with Gasteiger partial charge in [-0.1, -0.05) is 19.9 Å². The van der Waals surface area contributed by atoms with Gasteiger partial charge in [0.15, 0.2) is 0 Å². The summed E-state index contributed by atoms with van der Waals surface area (Å²) in [6.07, 6.45) is 0.433. The van der Waals surface area contributed by atoms with E-state index in [1.165, 1.54) is 12.1 Å². The summed E-state index contributed by atoms with van der Waals surface area (Å²) >= 11 is 0. The zero-order chi connectivity index (χ0) is 14.6. The minimum Gasteiger partial charge on any atom is -0.478 e. The van der Waals surface area contributed by atoms with Gasteiger partial charge in [-0.3, -0.25) is 4.79 Å². The van der Waals surface area contributed by atoms with Gasteiger partial charge in [-0.05, 0) is 24.5 Å². The summed E-state index contributed by atoms with van der Waals surface area (Å²) in [7, 11) is 0. The third-order valence-electron chi connectivity index (χ3n) is 2.55. The van der Waals surface area contributed by atoms with E-state index in [1.54, 1.807) is 0 Å². The fourth-order valence-electron chi connectivity index (χ4n) is 1.66. The van der Waals surface area contributed by atoms with Crippen LogP contribution >= 0.6 is 0 Å². The van der Waals surface area contributed by atoms with Gasteiger partial charge < -0.3 is 16.2 Å². The molecule has 0 aliphatic carbocycles. The molecule has 1 rings (SSSR count). The summed E-state index contributed by atoms with van der Waals surface area (Å²) in [4.78, 5) is 22.7. The third kappa shape index (κ3) is 4.03. The Hall–Kier alpha value is -1.95. The molecule has 0 unspecified atom stereocenters. The normalized spacial score (nSPS) is 12.3. The van der Waals surface area contributed by atoms with Crippen LogP contribution in [0.5, 0.6) is 0 Å². The van der Waals surface area contributed by atoms with Crippen molar-refractivity contribution in [3.05, 3.63) is 29.6 Å². The molecule has 0 heterocycles. The van der Waals surface area contributed by atoms with Gasteiger partial charge in [0.2, 0.25) is 5.91 Å². The third-order valence-corrected chi connectivity index (χ3v) is 2.55. The minimum absolute atomic E-state index is 0.209. The fraction of sp³-hybridized carbons (Fsp3) is 0.385. The summed E-state index contributed by atoms with van der Waals surface area (Å²) < 4.78 is 13.6. The lowest BCUT2D eigenvalue weighted by atomic mass is 10.0. The Labute approximate surface area is 110 Å². The lowest BCUT2D eigenvalue weighted by molar-refractivity contribution is -0.117. The number of nitrogens with one attached hydrogen (secondary N) is 1. The molecule has 1 atom stereocenters. The average Bonchev–Trinajstić information content (AvgIpc) is 2.30. The van der Waals surface area contributed by atoms with Crippen LogP contribution < -0.4 is 11.1 Å². The molecule has 0 saturated heterocycles. The van der Waals surface area contributed by atoms with E-state index in [9.17, 15) is 14.0 Å². The maximum atomic E-state index is 13.6. The molecule has 0 saturated carbocycles. The van der Waals surface area contributed by atoms with Crippen molar-refractivity contribution >= 4 is 17.6 Å². The number of anilines is 1. The number of halogens is 1. The molecule has 5 nitrogen and oxygen atoms in total. The van der Waals surface area contributed by atoms with Gasteiger partial charge in [-0.15, -0.1) is 0 Å². The van der Waals surface area contributed by atoms with Crippen molar-refractivity contribution in [1.82, 2.24) is 0 Å². The zero-order valence-corrected chi connectivity index (χ0v) is 10.8. The van der Waals surface area contributed by atoms with Gasteiger partial charge in [0.05, 0.1) is 17.3 Å². The van der Waals surface area contributed by atoms with E-state index in [4.69, 9.17) is 10.8 Å². The van der Waals surface area contributed by atoms with Crippen LogP contribution in [0.4, 0.5) is 10.1 Å². The van der Waals surface area contributed by atoms with E-state index in [0.717, 1.165) is 6.07 Å². The van der Waals surface area contributed by atoms with Crippen LogP contribution in [-0.4, -0.2) is 23.0 Å². The number of carboxylic acids is 1. The topological polar surface area (TPSA) is 92.4 Å². The number of aromatic carboxylic acids is 1. The number of para-hydroxylation sites is 1. The van der Waals surface area contributed by atoms with Crippen molar-refractivity contribution in [2.75, 3.05) is 5.32 Å². The predicted molar refractivity (Wildman–Crippen MR) is 69.4 cm³/mol. The first-order valence-corrected chi connectivity index (χ1v) is 5.91. The Balaban J connectivity index is 2.93. The highest BCUT2D eigenvalue weighted by atomic mass is 19.1. The Morgan fingerprint density at radius 3 is 2.58 bits per heavy atom. The van der Waals surface area contributed by atoms with E-state index >= 15 is 0 Å². The summed E-state index contributed by atoms with van der Waals surface area (Å²) in [5.74, 6) is -2.50. The molecular formula is C13H17FN2O3. The van der Waals surface area contributed by atoms with Gasteiger partial charge in [0.25, 0.3) is 0 Å². The number of hydrogen-bond acceptors (Lipinski definition) is 3. The van der Waals surface area contributed by atoms with Crippen LogP contribution in [0.1, 0.15) is 30.6 Å². The smallest absolute Gasteiger partial charge is 0.337 e. The molecule has 0 spiro atoms. The van der Waals surface area contributed by atoms with E-state index in [-0.39, 0.29) is 17.2 Å². The van der Waals surface area contributed by atoms with Crippen LogP contribution in [-0.2, 0) is 4.79 Å². The second kappa shape index (κ2) is 6.29. The number of rotatable bonds is 5. The van der Waals surface area contributed by atoms with Crippen molar-refractivity contribution in [3.63, 3.8) is 0 Å². The molecule has 0 fully saturated rings. The predicted octanol–water partition coefficient (Wildman–Crippen LogP) is 1.84. The van der Waals surface area contributed by atoms with Gasteiger partial charge in [-0.25, -0.2) is 9.18 Å². The quantitative estimate of drug-likeness (QED) is 0.759. The number of benzene rings is 1. The Kier molecular flexibility index (Phi) is 5.00. The number of carbonyl (C=O) groups excluding carboxylic acids is 1. The van der Waals surface area contributed by atoms with Crippen molar-refractivity contribution in [3.8, 4) is 0 Å². The summed E-state index contributed by atoms with van der Waals surface area (Å²) in [5.41, 5.74) is 5.01. The molecule has 0 aliphatic heterocycles. The average molecular weight is 268 g/mol. The fourth-order valence-corrected chi connectivity index (χ4v) is 1.66. The first-order valence-electron chi connectivity index (χ1n) is 5.91. The number of amides is 1. The standard InChI is InChI=1S/C13H17FN2O3/c1-7(2)6-10(15)12(17)16-11-8(13(18)19)4-3-5-9(11)14/h3-5,7,10H,6,15H2,1-2H3,(H,16,17)(H,18,19)/t10-/m1/s1. The molecular weight excluding hydrogens is 251 g/mol. The maximum Gasteiger partial charge on any atom is 0.337 e. The van der Waals surface area contributed by atoms with Gasteiger partial charge >= 0.3 is 5.97 Å². The van der Waals surface area contributed by atoms with Crippen molar-refractivity contribution in [2.45, 2.75) is 26.3 Å². The van der Waals surface area contributed by atoms with Gasteiger partial charge in [-0.2, -0.15) is 0 Å². The van der Waals surface area contributed by atoms with Gasteiger partial charge in [0, 0.05) is 0 Å². The van der Waals surface area contributed by atoms with Crippen molar-refractivity contribution in [2.24, 2.45) is 11.7 Å². The molecule has 104 valence electrons. The number of carbonyl (C=O) groups is 2. The van der Waals surface area contributed by atoms with E-state index in [2.05, 4.69) is 5.32 Å². The largest absolute Gasteiger partial charge is 0.478 e. The van der Waals surface area contributed by atoms with Crippen molar-refractivity contribution < 1.29 is 19.1 Å². The molecule has 1 aromatic carbocycles. The number of carboxylic acid groups (broad SMARTS) is 1. The van der Waals surface area contributed by atoms with E-state index in [0.29, 0.717) is 6.42 Å². The first kappa shape index (κ1) is 15.1. The lowest BCUT2D eigenvalue weighted by Gasteiger charge is -2.15. The second-order valence-electron chi connectivity index (χ2n) is 4.69. The Bertz CT molecular complexity index is 489. The van der Waals surface area contributed by atoms with Crippen LogP contribution in [0, 0.1) is 11.7 Å².